The molecule has 0 aliphatic heterocycles. The summed E-state index contributed by atoms with van der Waals surface area (Å²) in [7, 11) is 0. The average Bonchev–Trinajstić information content (AvgIpc) is 2.26. The fourth-order valence-corrected chi connectivity index (χ4v) is 2.58. The maximum absolute atomic E-state index is 9.99. The Morgan fingerprint density at radius 2 is 1.67 bits per heavy atom. The predicted octanol–water partition coefficient (Wildman–Crippen LogP) is 3.22. The summed E-state index contributed by atoms with van der Waals surface area (Å²) in [5.41, 5.74) is 0. The molecule has 1 saturated carbocycles. The molecule has 0 bridgehead atoms. The summed E-state index contributed by atoms with van der Waals surface area (Å²) in [5, 5.41) is 20.0. The van der Waals surface area contributed by atoms with Crippen LogP contribution in [0.15, 0.2) is 0 Å². The Labute approximate surface area is 93.7 Å². The lowest BCUT2D eigenvalue weighted by Gasteiger charge is -2.34. The highest BCUT2D eigenvalue weighted by atomic mass is 16.5. The molecular formula is C13H26O2. The fourth-order valence-electron chi connectivity index (χ4n) is 2.58. The van der Waals surface area contributed by atoms with Crippen LogP contribution < -0.4 is 0 Å². The van der Waals surface area contributed by atoms with Gasteiger partial charge in [0.05, 0.1) is 0 Å². The summed E-state index contributed by atoms with van der Waals surface area (Å²) in [6.07, 6.45) is 10.7. The second kappa shape index (κ2) is 6.49. The van der Waals surface area contributed by atoms with Crippen molar-refractivity contribution in [2.75, 3.05) is 0 Å². The van der Waals surface area contributed by atoms with Gasteiger partial charge in [-0.05, 0) is 19.3 Å². The summed E-state index contributed by atoms with van der Waals surface area (Å²) in [4.78, 5) is 0. The molecule has 0 amide bonds. The third-order valence-corrected chi connectivity index (χ3v) is 3.66. The standard InChI is InChI=1S/C13H26O2/c1-2-3-4-8-11-13(14,15)12-9-6-5-7-10-12/h12,14-15H,2-11H2,1H3. The van der Waals surface area contributed by atoms with Gasteiger partial charge in [-0.3, -0.25) is 0 Å². The third kappa shape index (κ3) is 4.52. The number of hydrogen-bond donors (Lipinski definition) is 2. The van der Waals surface area contributed by atoms with E-state index in [0.29, 0.717) is 6.42 Å². The van der Waals surface area contributed by atoms with Crippen LogP contribution in [0.4, 0.5) is 0 Å². The molecule has 1 aliphatic carbocycles. The first kappa shape index (κ1) is 13.0. The van der Waals surface area contributed by atoms with Crippen LogP contribution in [0.5, 0.6) is 0 Å². The summed E-state index contributed by atoms with van der Waals surface area (Å²) in [6.45, 7) is 2.17. The zero-order valence-corrected chi connectivity index (χ0v) is 10.0. The van der Waals surface area contributed by atoms with Gasteiger partial charge in [0, 0.05) is 12.3 Å². The number of rotatable bonds is 6. The van der Waals surface area contributed by atoms with Crippen molar-refractivity contribution < 1.29 is 10.2 Å². The first-order valence-electron chi connectivity index (χ1n) is 6.61. The molecule has 0 atom stereocenters. The lowest BCUT2D eigenvalue weighted by atomic mass is 9.81. The van der Waals surface area contributed by atoms with Crippen LogP contribution in [0.1, 0.15) is 71.1 Å². The van der Waals surface area contributed by atoms with Crippen molar-refractivity contribution in [3.8, 4) is 0 Å². The van der Waals surface area contributed by atoms with Crippen molar-refractivity contribution in [2.45, 2.75) is 76.9 Å². The zero-order chi connectivity index (χ0) is 11.1. The molecule has 0 spiro atoms. The minimum atomic E-state index is -1.38. The van der Waals surface area contributed by atoms with Gasteiger partial charge in [-0.2, -0.15) is 0 Å². The molecule has 0 saturated heterocycles. The van der Waals surface area contributed by atoms with E-state index in [1.165, 1.54) is 32.1 Å². The van der Waals surface area contributed by atoms with Crippen LogP contribution in [0.3, 0.4) is 0 Å². The maximum Gasteiger partial charge on any atom is 0.165 e. The van der Waals surface area contributed by atoms with Gasteiger partial charge < -0.3 is 10.2 Å². The highest BCUT2D eigenvalue weighted by molar-refractivity contribution is 4.78. The van der Waals surface area contributed by atoms with Crippen LogP contribution in [0, 0.1) is 5.92 Å². The van der Waals surface area contributed by atoms with Crippen molar-refractivity contribution in [2.24, 2.45) is 5.92 Å². The van der Waals surface area contributed by atoms with Gasteiger partial charge in [0.1, 0.15) is 0 Å². The van der Waals surface area contributed by atoms with Gasteiger partial charge >= 0.3 is 0 Å². The van der Waals surface area contributed by atoms with E-state index >= 15 is 0 Å². The fraction of sp³-hybridized carbons (Fsp3) is 1.00. The molecule has 15 heavy (non-hydrogen) atoms. The van der Waals surface area contributed by atoms with Crippen LogP contribution in [-0.2, 0) is 0 Å². The van der Waals surface area contributed by atoms with Gasteiger partial charge in [-0.15, -0.1) is 0 Å². The lowest BCUT2D eigenvalue weighted by molar-refractivity contribution is -0.211. The molecule has 0 aromatic rings. The van der Waals surface area contributed by atoms with Crippen LogP contribution in [0.2, 0.25) is 0 Å². The Bertz CT molecular complexity index is 160. The molecule has 0 aromatic heterocycles. The minimum absolute atomic E-state index is 0.132. The molecule has 2 nitrogen and oxygen atoms in total. The quantitative estimate of drug-likeness (QED) is 0.526. The van der Waals surface area contributed by atoms with Gasteiger partial charge in [0.15, 0.2) is 5.79 Å². The van der Waals surface area contributed by atoms with E-state index in [1.54, 1.807) is 0 Å². The van der Waals surface area contributed by atoms with Gasteiger partial charge in [-0.1, -0.05) is 45.4 Å². The highest BCUT2D eigenvalue weighted by Crippen LogP contribution is 2.34. The summed E-state index contributed by atoms with van der Waals surface area (Å²) < 4.78 is 0. The Morgan fingerprint density at radius 3 is 2.27 bits per heavy atom. The zero-order valence-electron chi connectivity index (χ0n) is 10.0. The topological polar surface area (TPSA) is 40.5 Å². The second-order valence-electron chi connectivity index (χ2n) is 5.02. The van der Waals surface area contributed by atoms with Crippen LogP contribution in [0.25, 0.3) is 0 Å². The number of unbranched alkanes of at least 4 members (excludes halogenated alkanes) is 3. The smallest absolute Gasteiger partial charge is 0.165 e. The third-order valence-electron chi connectivity index (χ3n) is 3.66. The van der Waals surface area contributed by atoms with Gasteiger partial charge in [-0.25, -0.2) is 0 Å². The maximum atomic E-state index is 9.99. The highest BCUT2D eigenvalue weighted by Gasteiger charge is 2.34. The molecule has 1 fully saturated rings. The molecule has 1 rings (SSSR count). The summed E-state index contributed by atoms with van der Waals surface area (Å²) in [6, 6.07) is 0. The molecule has 1 aliphatic rings. The molecule has 90 valence electrons. The number of hydrogen-bond acceptors (Lipinski definition) is 2. The first-order valence-corrected chi connectivity index (χ1v) is 6.61. The molecule has 2 heteroatoms. The van der Waals surface area contributed by atoms with E-state index in [1.807, 2.05) is 0 Å². The molecule has 0 heterocycles. The Morgan fingerprint density at radius 1 is 1.00 bits per heavy atom. The van der Waals surface area contributed by atoms with E-state index in [2.05, 4.69) is 6.92 Å². The Kier molecular flexibility index (Phi) is 5.62. The largest absolute Gasteiger partial charge is 0.365 e. The Hall–Kier alpha value is -0.0800. The van der Waals surface area contributed by atoms with E-state index in [0.717, 1.165) is 25.7 Å². The van der Waals surface area contributed by atoms with Crippen molar-refractivity contribution in [3.63, 3.8) is 0 Å². The summed E-state index contributed by atoms with van der Waals surface area (Å²) >= 11 is 0. The molecular weight excluding hydrogens is 188 g/mol. The van der Waals surface area contributed by atoms with Crippen molar-refractivity contribution in [3.05, 3.63) is 0 Å². The first-order chi connectivity index (χ1) is 7.17. The van der Waals surface area contributed by atoms with Gasteiger partial charge in [0.25, 0.3) is 0 Å². The molecule has 0 unspecified atom stereocenters. The average molecular weight is 214 g/mol. The second-order valence-corrected chi connectivity index (χ2v) is 5.02. The normalized spacial score (nSPS) is 19.4. The van der Waals surface area contributed by atoms with E-state index < -0.39 is 5.79 Å². The Balaban J connectivity index is 2.23. The predicted molar refractivity (Wildman–Crippen MR) is 62.5 cm³/mol. The SMILES string of the molecule is CCCCCCC(O)(O)C1CCCCC1. The van der Waals surface area contributed by atoms with E-state index in [9.17, 15) is 10.2 Å². The number of aliphatic hydroxyl groups is 2. The molecule has 2 N–H and O–H groups in total. The minimum Gasteiger partial charge on any atom is -0.365 e. The summed E-state index contributed by atoms with van der Waals surface area (Å²) in [5.74, 6) is -1.25. The van der Waals surface area contributed by atoms with E-state index in [4.69, 9.17) is 0 Å². The van der Waals surface area contributed by atoms with Gasteiger partial charge in [0.2, 0.25) is 0 Å². The lowest BCUT2D eigenvalue weighted by Crippen LogP contribution is -2.38. The monoisotopic (exact) mass is 214 g/mol. The van der Waals surface area contributed by atoms with Crippen molar-refractivity contribution in [1.82, 2.24) is 0 Å². The molecule has 0 radical (unpaired) electrons. The van der Waals surface area contributed by atoms with Crippen LogP contribution in [-0.4, -0.2) is 16.0 Å². The van der Waals surface area contributed by atoms with Crippen molar-refractivity contribution >= 4 is 0 Å². The molecule has 0 aromatic carbocycles. The van der Waals surface area contributed by atoms with Crippen molar-refractivity contribution in [1.29, 1.82) is 0 Å². The van der Waals surface area contributed by atoms with E-state index in [-0.39, 0.29) is 5.92 Å². The van der Waals surface area contributed by atoms with Crippen LogP contribution >= 0.6 is 0 Å².